The lowest BCUT2D eigenvalue weighted by Gasteiger charge is -2.31. The number of imidazole rings is 1. The number of alkyl halides is 3. The normalized spacial score (nSPS) is 15.3. The average molecular weight is 430 g/mol. The zero-order chi connectivity index (χ0) is 22.0. The van der Waals surface area contributed by atoms with Gasteiger partial charge in [-0.05, 0) is 43.0 Å². The second-order valence-corrected chi connectivity index (χ2v) is 7.62. The molecule has 0 saturated carbocycles. The van der Waals surface area contributed by atoms with Crippen molar-refractivity contribution in [2.24, 2.45) is 5.92 Å². The van der Waals surface area contributed by atoms with Crippen molar-refractivity contribution in [2.75, 3.05) is 19.6 Å². The molecular weight excluding hydrogens is 409 g/mol. The van der Waals surface area contributed by atoms with Crippen LogP contribution < -0.4 is 5.32 Å². The minimum absolute atomic E-state index is 0.0803. The van der Waals surface area contributed by atoms with Crippen LogP contribution in [0, 0.1) is 5.92 Å². The fourth-order valence-corrected chi connectivity index (χ4v) is 3.69. The number of pyridine rings is 1. The van der Waals surface area contributed by atoms with Crippen molar-refractivity contribution < 1.29 is 22.8 Å². The van der Waals surface area contributed by atoms with Gasteiger partial charge < -0.3 is 14.6 Å². The number of hydrogen-bond acceptors (Lipinski definition) is 3. The first kappa shape index (κ1) is 20.9. The molecule has 9 heteroatoms. The number of nitrogens with zero attached hydrogens (tertiary/aromatic N) is 3. The maximum Gasteiger partial charge on any atom is 0.416 e. The fourth-order valence-electron chi connectivity index (χ4n) is 3.69. The number of fused-ring (bicyclic) bond motifs is 1. The number of halogens is 3. The predicted molar refractivity (Wildman–Crippen MR) is 108 cm³/mol. The lowest BCUT2D eigenvalue weighted by atomic mass is 9.96. The second kappa shape index (κ2) is 8.41. The molecule has 4 rings (SSSR count). The minimum Gasteiger partial charge on any atom is -0.352 e. The summed E-state index contributed by atoms with van der Waals surface area (Å²) in [6, 6.07) is 10.9. The number of nitrogens with one attached hydrogen (secondary N) is 1. The molecule has 0 aliphatic carbocycles. The molecule has 1 fully saturated rings. The Morgan fingerprint density at radius 3 is 2.48 bits per heavy atom. The Hall–Kier alpha value is -3.36. The van der Waals surface area contributed by atoms with Crippen molar-refractivity contribution in [3.05, 3.63) is 71.7 Å². The summed E-state index contributed by atoms with van der Waals surface area (Å²) in [5.41, 5.74) is 0.00504. The molecule has 0 bridgehead atoms. The number of amides is 2. The Balaban J connectivity index is 1.33. The van der Waals surface area contributed by atoms with E-state index < -0.39 is 11.7 Å². The number of aromatic nitrogens is 2. The van der Waals surface area contributed by atoms with Crippen molar-refractivity contribution in [1.29, 1.82) is 0 Å². The molecule has 1 N–H and O–H groups in total. The van der Waals surface area contributed by atoms with E-state index in [0.717, 1.165) is 25.0 Å². The molecule has 0 unspecified atom stereocenters. The number of likely N-dealkylation sites (tertiary alicyclic amines) is 1. The van der Waals surface area contributed by atoms with Gasteiger partial charge in [0.15, 0.2) is 0 Å². The summed E-state index contributed by atoms with van der Waals surface area (Å²) in [6.07, 6.45) is -0.304. The predicted octanol–water partition coefficient (Wildman–Crippen LogP) is 3.64. The number of piperidine rings is 1. The van der Waals surface area contributed by atoms with Gasteiger partial charge in [-0.2, -0.15) is 13.2 Å². The Morgan fingerprint density at radius 2 is 1.81 bits per heavy atom. The lowest BCUT2D eigenvalue weighted by molar-refractivity contribution is -0.137. The summed E-state index contributed by atoms with van der Waals surface area (Å²) >= 11 is 0. The van der Waals surface area contributed by atoms with E-state index in [4.69, 9.17) is 0 Å². The van der Waals surface area contributed by atoms with Crippen LogP contribution in [0.4, 0.5) is 13.2 Å². The first-order valence-electron chi connectivity index (χ1n) is 10.00. The molecule has 1 aliphatic rings. The highest BCUT2D eigenvalue weighted by molar-refractivity contribution is 5.94. The Bertz CT molecular complexity index is 1090. The molecule has 31 heavy (non-hydrogen) atoms. The van der Waals surface area contributed by atoms with Gasteiger partial charge in [0.2, 0.25) is 0 Å². The number of carbonyl (C=O) groups is 2. The van der Waals surface area contributed by atoms with Crippen LogP contribution in [-0.4, -0.2) is 45.7 Å². The molecule has 2 aromatic heterocycles. The maximum absolute atomic E-state index is 12.9. The van der Waals surface area contributed by atoms with Crippen molar-refractivity contribution in [3.63, 3.8) is 0 Å². The zero-order valence-corrected chi connectivity index (χ0v) is 16.6. The van der Waals surface area contributed by atoms with Gasteiger partial charge >= 0.3 is 6.18 Å². The van der Waals surface area contributed by atoms with E-state index in [1.807, 2.05) is 18.2 Å². The highest BCUT2D eigenvalue weighted by Gasteiger charge is 2.31. The molecule has 162 valence electrons. The average Bonchev–Trinajstić information content (AvgIpc) is 3.21. The van der Waals surface area contributed by atoms with E-state index in [1.54, 1.807) is 17.0 Å². The Morgan fingerprint density at radius 1 is 1.10 bits per heavy atom. The molecule has 0 radical (unpaired) electrons. The molecule has 3 aromatic rings. The number of benzene rings is 1. The molecule has 1 saturated heterocycles. The summed E-state index contributed by atoms with van der Waals surface area (Å²) in [5.74, 6) is -0.168. The molecule has 3 heterocycles. The van der Waals surface area contributed by atoms with Gasteiger partial charge in [0.25, 0.3) is 11.8 Å². The van der Waals surface area contributed by atoms with E-state index in [-0.39, 0.29) is 29.1 Å². The quantitative estimate of drug-likeness (QED) is 0.687. The van der Waals surface area contributed by atoms with Gasteiger partial charge in [-0.1, -0.05) is 18.2 Å². The zero-order valence-electron chi connectivity index (χ0n) is 16.6. The van der Waals surface area contributed by atoms with Crippen LogP contribution in [0.15, 0.2) is 54.9 Å². The van der Waals surface area contributed by atoms with E-state index in [2.05, 4.69) is 10.3 Å². The van der Waals surface area contributed by atoms with Crippen LogP contribution in [0.1, 0.15) is 39.3 Å². The summed E-state index contributed by atoms with van der Waals surface area (Å²) in [5, 5.41) is 2.93. The first-order chi connectivity index (χ1) is 14.8. The monoisotopic (exact) mass is 430 g/mol. The van der Waals surface area contributed by atoms with Crippen molar-refractivity contribution in [1.82, 2.24) is 19.6 Å². The van der Waals surface area contributed by atoms with Crippen molar-refractivity contribution in [3.8, 4) is 0 Å². The topological polar surface area (TPSA) is 66.7 Å². The smallest absolute Gasteiger partial charge is 0.352 e. The third-order valence-electron chi connectivity index (χ3n) is 5.50. The fraction of sp³-hybridized carbons (Fsp3) is 0.318. The molecule has 0 atom stereocenters. The van der Waals surface area contributed by atoms with Gasteiger partial charge in [-0.3, -0.25) is 9.59 Å². The Labute approximate surface area is 176 Å². The molecule has 6 nitrogen and oxygen atoms in total. The number of hydrogen-bond donors (Lipinski definition) is 1. The van der Waals surface area contributed by atoms with Gasteiger partial charge in [0.05, 0.1) is 5.56 Å². The summed E-state index contributed by atoms with van der Waals surface area (Å²) in [6.45, 7) is 1.54. The molecule has 0 spiro atoms. The van der Waals surface area contributed by atoms with E-state index in [0.29, 0.717) is 25.2 Å². The third-order valence-corrected chi connectivity index (χ3v) is 5.50. The van der Waals surface area contributed by atoms with Gasteiger partial charge in [-0.15, -0.1) is 0 Å². The molecule has 2 amide bonds. The van der Waals surface area contributed by atoms with Gasteiger partial charge in [0.1, 0.15) is 11.3 Å². The summed E-state index contributed by atoms with van der Waals surface area (Å²) in [7, 11) is 0. The molecular formula is C22H21F3N4O2. The van der Waals surface area contributed by atoms with E-state index in [9.17, 15) is 22.8 Å². The van der Waals surface area contributed by atoms with Crippen LogP contribution in [0.5, 0.6) is 0 Å². The second-order valence-electron chi connectivity index (χ2n) is 7.62. The SMILES string of the molecule is O=C(NCC1CCN(C(=O)c2cn3ccc(C(F)(F)F)cc3n2)CC1)c1ccccc1. The van der Waals surface area contributed by atoms with Crippen LogP contribution in [0.3, 0.4) is 0 Å². The van der Waals surface area contributed by atoms with Gasteiger partial charge in [0, 0.05) is 37.6 Å². The highest BCUT2D eigenvalue weighted by Crippen LogP contribution is 2.29. The molecule has 1 aliphatic heterocycles. The lowest BCUT2D eigenvalue weighted by Crippen LogP contribution is -2.41. The highest BCUT2D eigenvalue weighted by atomic mass is 19.4. The van der Waals surface area contributed by atoms with Crippen LogP contribution in [-0.2, 0) is 6.18 Å². The van der Waals surface area contributed by atoms with Crippen molar-refractivity contribution in [2.45, 2.75) is 19.0 Å². The van der Waals surface area contributed by atoms with Crippen LogP contribution in [0.25, 0.3) is 5.65 Å². The minimum atomic E-state index is -4.46. The van der Waals surface area contributed by atoms with E-state index >= 15 is 0 Å². The van der Waals surface area contributed by atoms with Gasteiger partial charge in [-0.25, -0.2) is 4.98 Å². The standard InChI is InChI=1S/C22H21F3N4O2/c23-22(24,25)17-8-11-29-14-18(27-19(29)12-17)21(31)28-9-6-15(7-10-28)13-26-20(30)16-4-2-1-3-5-16/h1-5,8,11-12,14-15H,6-7,9-10,13H2,(H,26,30). The largest absolute Gasteiger partial charge is 0.416 e. The first-order valence-corrected chi connectivity index (χ1v) is 10.00. The van der Waals surface area contributed by atoms with Crippen LogP contribution in [0.2, 0.25) is 0 Å². The third kappa shape index (κ3) is 4.70. The number of rotatable bonds is 4. The van der Waals surface area contributed by atoms with Crippen LogP contribution >= 0.6 is 0 Å². The van der Waals surface area contributed by atoms with Crippen molar-refractivity contribution >= 4 is 17.5 Å². The Kier molecular flexibility index (Phi) is 5.67. The summed E-state index contributed by atoms with van der Waals surface area (Å²) in [4.78, 5) is 30.7. The maximum atomic E-state index is 12.9. The van der Waals surface area contributed by atoms with E-state index in [1.165, 1.54) is 16.8 Å². The summed E-state index contributed by atoms with van der Waals surface area (Å²) < 4.78 is 40.0. The number of carbonyl (C=O) groups excluding carboxylic acids is 2. The molecule has 1 aromatic carbocycles.